The van der Waals surface area contributed by atoms with Crippen LogP contribution >= 0.6 is 11.8 Å². The van der Waals surface area contributed by atoms with E-state index in [2.05, 4.69) is 16.9 Å². The second-order valence-corrected chi connectivity index (χ2v) is 2.92. The van der Waals surface area contributed by atoms with Crippen LogP contribution in [0.3, 0.4) is 0 Å². The van der Waals surface area contributed by atoms with Crippen LogP contribution in [0.4, 0.5) is 0 Å². The molecule has 0 aromatic rings. The topological polar surface area (TPSA) is 24.7 Å². The largest absolute Gasteiger partial charge is 0.270 e. The van der Waals surface area contributed by atoms with Crippen LogP contribution in [-0.2, 0) is 0 Å². The van der Waals surface area contributed by atoms with E-state index < -0.39 is 0 Å². The van der Waals surface area contributed by atoms with Crippen molar-refractivity contribution in [3.63, 3.8) is 0 Å². The zero-order valence-corrected chi connectivity index (χ0v) is 6.77. The highest BCUT2D eigenvalue weighted by atomic mass is 32.2. The lowest BCUT2D eigenvalue weighted by Gasteiger charge is -1.91. The van der Waals surface area contributed by atoms with Crippen molar-refractivity contribution < 1.29 is 0 Å². The van der Waals surface area contributed by atoms with Crippen molar-refractivity contribution in [2.75, 3.05) is 12.4 Å². The van der Waals surface area contributed by atoms with Crippen molar-refractivity contribution in [2.24, 2.45) is 9.98 Å². The normalized spacial score (nSPS) is 30.7. The molecule has 10 heavy (non-hydrogen) atoms. The number of hydrogen-bond donors (Lipinski definition) is 0. The fraction of sp³-hybridized carbons (Fsp3) is 0.429. The highest BCUT2D eigenvalue weighted by Gasteiger charge is 1.87. The summed E-state index contributed by atoms with van der Waals surface area (Å²) < 4.78 is 0. The van der Waals surface area contributed by atoms with Gasteiger partial charge in [0.15, 0.2) is 0 Å². The molecule has 0 fully saturated rings. The van der Waals surface area contributed by atoms with Crippen LogP contribution in [0.15, 0.2) is 21.6 Å². The van der Waals surface area contributed by atoms with Crippen molar-refractivity contribution in [1.82, 2.24) is 0 Å². The molecule has 0 amide bonds. The first-order valence-corrected chi connectivity index (χ1v) is 4.20. The summed E-state index contributed by atoms with van der Waals surface area (Å²) in [4.78, 5) is 8.06. The molecule has 0 aromatic heterocycles. The minimum Gasteiger partial charge on any atom is -0.270 e. The van der Waals surface area contributed by atoms with Crippen LogP contribution < -0.4 is 0 Å². The molecule has 0 spiro atoms. The van der Waals surface area contributed by atoms with Crippen LogP contribution in [-0.4, -0.2) is 24.2 Å². The molecule has 0 unspecified atom stereocenters. The van der Waals surface area contributed by atoms with Crippen LogP contribution in [0.1, 0.15) is 6.92 Å². The van der Waals surface area contributed by atoms with Gasteiger partial charge in [0, 0.05) is 12.0 Å². The molecule has 54 valence electrons. The van der Waals surface area contributed by atoms with E-state index >= 15 is 0 Å². The van der Waals surface area contributed by atoms with E-state index in [4.69, 9.17) is 0 Å². The van der Waals surface area contributed by atoms with Gasteiger partial charge in [-0.05, 0) is 13.0 Å². The molecule has 0 aromatic carbocycles. The predicted octanol–water partition coefficient (Wildman–Crippen LogP) is 1.74. The molecule has 0 bridgehead atoms. The fourth-order valence-electron chi connectivity index (χ4n) is 0.577. The van der Waals surface area contributed by atoms with E-state index in [1.54, 1.807) is 11.8 Å². The van der Waals surface area contributed by atoms with E-state index in [0.717, 1.165) is 5.75 Å². The first-order valence-electron chi connectivity index (χ1n) is 3.15. The summed E-state index contributed by atoms with van der Waals surface area (Å²) >= 11 is 1.71. The first kappa shape index (κ1) is 7.54. The second kappa shape index (κ2) is 4.28. The number of thioether (sulfide) groups is 1. The maximum Gasteiger partial charge on any atom is 0.129 e. The van der Waals surface area contributed by atoms with Crippen LogP contribution in [0, 0.1) is 0 Å². The van der Waals surface area contributed by atoms with E-state index in [1.165, 1.54) is 5.57 Å². The third-order valence-corrected chi connectivity index (χ3v) is 2.01. The zero-order valence-electron chi connectivity index (χ0n) is 5.95. The second-order valence-electron chi connectivity index (χ2n) is 2.09. The number of rotatable bonds is 0. The molecule has 1 rings (SSSR count). The summed E-state index contributed by atoms with van der Waals surface area (Å²) in [7, 11) is 0. The lowest BCUT2D eigenvalue weighted by Crippen LogP contribution is -1.80. The molecule has 0 saturated heterocycles. The van der Waals surface area contributed by atoms with Gasteiger partial charge in [0.25, 0.3) is 0 Å². The smallest absolute Gasteiger partial charge is 0.129 e. The van der Waals surface area contributed by atoms with Gasteiger partial charge < -0.3 is 0 Å². The average Bonchev–Trinajstić information content (AvgIpc) is 2.02. The molecule has 0 saturated carbocycles. The maximum absolute atomic E-state index is 4.03. The Bertz CT molecular complexity index is 182. The van der Waals surface area contributed by atoms with Crippen molar-refractivity contribution in [3.05, 3.63) is 11.6 Å². The molecule has 1 heterocycles. The summed E-state index contributed by atoms with van der Waals surface area (Å²) in [5, 5.41) is 0. The Hall–Kier alpha value is -0.570. The van der Waals surface area contributed by atoms with Gasteiger partial charge in [-0.3, -0.25) is 9.98 Å². The fourth-order valence-corrected chi connectivity index (χ4v) is 1.18. The van der Waals surface area contributed by atoms with Crippen LogP contribution in [0.2, 0.25) is 0 Å². The number of nitrogens with zero attached hydrogens (tertiary/aromatic N) is 2. The monoisotopic (exact) mass is 154 g/mol. The molecule has 0 aliphatic carbocycles. The summed E-state index contributed by atoms with van der Waals surface area (Å²) in [5.74, 6) is 1.02. The lowest BCUT2D eigenvalue weighted by molar-refractivity contribution is 1.09. The maximum atomic E-state index is 4.03. The molecule has 0 atom stereocenters. The van der Waals surface area contributed by atoms with E-state index in [-0.39, 0.29) is 0 Å². The Morgan fingerprint density at radius 3 is 3.30 bits per heavy atom. The Labute approximate surface area is 65.1 Å². The molecular formula is C7H10N2S. The van der Waals surface area contributed by atoms with Gasteiger partial charge in [0.2, 0.25) is 0 Å². The molecule has 2 nitrogen and oxygen atoms in total. The lowest BCUT2D eigenvalue weighted by atomic mass is 10.3. The number of aliphatic imine (C=N–C) groups is 2. The summed E-state index contributed by atoms with van der Waals surface area (Å²) in [6.45, 7) is 2.66. The SMILES string of the molecule is C/C1=C/C=N\C/N=C\SC1. The van der Waals surface area contributed by atoms with Gasteiger partial charge in [-0.25, -0.2) is 0 Å². The van der Waals surface area contributed by atoms with Crippen molar-refractivity contribution in [2.45, 2.75) is 6.92 Å². The van der Waals surface area contributed by atoms with Crippen LogP contribution in [0.25, 0.3) is 0 Å². The Morgan fingerprint density at radius 1 is 1.50 bits per heavy atom. The Morgan fingerprint density at radius 2 is 2.40 bits per heavy atom. The zero-order chi connectivity index (χ0) is 7.23. The molecule has 3 heteroatoms. The van der Waals surface area contributed by atoms with Gasteiger partial charge in [0.05, 0.1) is 5.55 Å². The third kappa shape index (κ3) is 2.82. The number of hydrogen-bond acceptors (Lipinski definition) is 3. The molecule has 1 aliphatic rings. The molecular weight excluding hydrogens is 144 g/mol. The van der Waals surface area contributed by atoms with E-state index in [1.807, 2.05) is 17.8 Å². The van der Waals surface area contributed by atoms with Crippen LogP contribution in [0.5, 0.6) is 0 Å². The van der Waals surface area contributed by atoms with Gasteiger partial charge >= 0.3 is 0 Å². The minimum atomic E-state index is 0.566. The van der Waals surface area contributed by atoms with Gasteiger partial charge in [-0.2, -0.15) is 0 Å². The van der Waals surface area contributed by atoms with Crippen molar-refractivity contribution in [1.29, 1.82) is 0 Å². The minimum absolute atomic E-state index is 0.566. The Balaban J connectivity index is 2.55. The summed E-state index contributed by atoms with van der Waals surface area (Å²) in [6, 6.07) is 0. The number of allylic oxidation sites excluding steroid dienone is 1. The predicted molar refractivity (Wildman–Crippen MR) is 48.1 cm³/mol. The Kier molecular flexibility index (Phi) is 3.22. The van der Waals surface area contributed by atoms with E-state index in [0.29, 0.717) is 6.67 Å². The summed E-state index contributed by atoms with van der Waals surface area (Å²) in [6.07, 6.45) is 3.85. The molecule has 0 radical (unpaired) electrons. The highest BCUT2D eigenvalue weighted by molar-refractivity contribution is 8.12. The molecule has 1 aliphatic heterocycles. The first-order chi connectivity index (χ1) is 4.89. The highest BCUT2D eigenvalue weighted by Crippen LogP contribution is 2.04. The van der Waals surface area contributed by atoms with Gasteiger partial charge in [-0.1, -0.05) is 5.57 Å². The third-order valence-electron chi connectivity index (χ3n) is 1.09. The summed E-state index contributed by atoms with van der Waals surface area (Å²) in [5.41, 5.74) is 3.20. The van der Waals surface area contributed by atoms with Gasteiger partial charge in [-0.15, -0.1) is 11.8 Å². The van der Waals surface area contributed by atoms with Crippen molar-refractivity contribution >= 4 is 23.5 Å². The van der Waals surface area contributed by atoms with Gasteiger partial charge in [0.1, 0.15) is 6.67 Å². The average molecular weight is 154 g/mol. The molecule has 0 N–H and O–H groups in total. The standard InChI is InChI=1S/C7H10N2S/c1-7-2-3-8-5-9-6-10-4-7/h2-3,6H,4-5H2,1H3/b7-2-,8-3-,9-6-. The van der Waals surface area contributed by atoms with Crippen molar-refractivity contribution in [3.8, 4) is 0 Å². The quantitative estimate of drug-likeness (QED) is 0.521. The van der Waals surface area contributed by atoms with E-state index in [9.17, 15) is 0 Å².